The highest BCUT2D eigenvalue weighted by molar-refractivity contribution is 8.76. The van der Waals surface area contributed by atoms with Gasteiger partial charge in [-0.15, -0.1) is 0 Å². The normalized spacial score (nSPS) is 21.4. The lowest BCUT2D eigenvalue weighted by atomic mass is 10.0. The molecule has 1 rings (SSSR count). The number of esters is 2. The molecule has 12 nitrogen and oxygen atoms in total. The van der Waals surface area contributed by atoms with Gasteiger partial charge in [-0.05, 0) is 45.6 Å². The molecule has 232 valence electrons. The number of allylic oxidation sites excluding steroid dienone is 1. The van der Waals surface area contributed by atoms with E-state index in [1.807, 2.05) is 0 Å². The second kappa shape index (κ2) is 18.6. The quantitative estimate of drug-likeness (QED) is 0.179. The number of hydrogen-bond acceptors (Lipinski definition) is 10. The van der Waals surface area contributed by atoms with Crippen molar-refractivity contribution in [1.82, 2.24) is 21.3 Å². The van der Waals surface area contributed by atoms with Gasteiger partial charge in [-0.25, -0.2) is 0 Å². The minimum absolute atomic E-state index is 0.0229. The van der Waals surface area contributed by atoms with E-state index in [4.69, 9.17) is 9.47 Å². The van der Waals surface area contributed by atoms with Crippen LogP contribution in [0.4, 0.5) is 0 Å². The lowest BCUT2D eigenvalue weighted by Crippen LogP contribution is -2.51. The summed E-state index contributed by atoms with van der Waals surface area (Å²) in [7, 11) is 4.54. The molecule has 1 aliphatic heterocycles. The van der Waals surface area contributed by atoms with E-state index < -0.39 is 60.0 Å². The third kappa shape index (κ3) is 16.3. The number of nitrogens with one attached hydrogen (secondary N) is 4. The first kappa shape index (κ1) is 36.3. The summed E-state index contributed by atoms with van der Waals surface area (Å²) >= 11 is 0. The smallest absolute Gasteiger partial charge is 0.326 e. The van der Waals surface area contributed by atoms with Crippen molar-refractivity contribution in [2.24, 2.45) is 5.92 Å². The van der Waals surface area contributed by atoms with Gasteiger partial charge in [0.25, 0.3) is 0 Å². The monoisotopic (exact) mass is 616 g/mol. The number of hydrogen-bond donors (Lipinski definition) is 4. The fourth-order valence-corrected chi connectivity index (χ4v) is 5.54. The van der Waals surface area contributed by atoms with Crippen LogP contribution in [0.2, 0.25) is 0 Å². The summed E-state index contributed by atoms with van der Waals surface area (Å²) in [6.07, 6.45) is 2.99. The van der Waals surface area contributed by atoms with Crippen molar-refractivity contribution in [1.29, 1.82) is 0 Å². The number of carbonyl (C=O) groups excluding carboxylic acids is 6. The van der Waals surface area contributed by atoms with Crippen LogP contribution >= 0.6 is 21.6 Å². The summed E-state index contributed by atoms with van der Waals surface area (Å²) in [6.45, 7) is 8.32. The lowest BCUT2D eigenvalue weighted by molar-refractivity contribution is -0.155. The molecule has 0 unspecified atom stereocenters. The Morgan fingerprint density at radius 3 is 2.46 bits per heavy atom. The minimum Gasteiger partial charge on any atom is -0.460 e. The zero-order valence-corrected chi connectivity index (χ0v) is 26.3. The number of rotatable bonds is 8. The molecule has 0 aliphatic carbocycles. The molecule has 0 aromatic heterocycles. The van der Waals surface area contributed by atoms with Crippen molar-refractivity contribution in [2.45, 2.75) is 90.5 Å². The molecule has 0 bridgehead atoms. The molecule has 4 amide bonds. The maximum Gasteiger partial charge on any atom is 0.326 e. The molecular weight excluding hydrogens is 572 g/mol. The van der Waals surface area contributed by atoms with Crippen molar-refractivity contribution in [3.05, 3.63) is 12.2 Å². The Morgan fingerprint density at radius 2 is 1.83 bits per heavy atom. The molecular formula is C27H44N4O8S2. The largest absolute Gasteiger partial charge is 0.460 e. The van der Waals surface area contributed by atoms with Crippen molar-refractivity contribution < 1.29 is 38.2 Å². The van der Waals surface area contributed by atoms with Gasteiger partial charge in [0.1, 0.15) is 30.3 Å². The topological polar surface area (TPSA) is 169 Å². The maximum absolute atomic E-state index is 12.9. The summed E-state index contributed by atoms with van der Waals surface area (Å²) in [5.74, 6) is -1.96. The standard InChI is InChI=1S/C27H44N4O8S2/c1-17(2)24-26(37)29-16-23(35)38-18(9-7-8-13-40-41-14-12-20(32)31-24)15-21(33)30-19(25(36)28-6)10-11-22(34)39-27(3,4)5/h7,9,17-19,24H,8,10-16H2,1-6H3,(H,28,36)(H,29,37)(H,30,33)(H,31,32)/b9-7+/t18-,19-,24-/m1/s1. The van der Waals surface area contributed by atoms with E-state index in [0.717, 1.165) is 5.75 Å². The first-order valence-corrected chi connectivity index (χ1v) is 16.1. The summed E-state index contributed by atoms with van der Waals surface area (Å²) in [6, 6.07) is -1.81. The molecule has 0 aromatic carbocycles. The van der Waals surface area contributed by atoms with Crippen molar-refractivity contribution in [3.8, 4) is 0 Å². The minimum atomic E-state index is -0.995. The summed E-state index contributed by atoms with van der Waals surface area (Å²) in [4.78, 5) is 74.8. The zero-order valence-electron chi connectivity index (χ0n) is 24.7. The highest BCUT2D eigenvalue weighted by atomic mass is 33.1. The Labute approximate surface area is 250 Å². The van der Waals surface area contributed by atoms with Crippen LogP contribution in [0.3, 0.4) is 0 Å². The number of likely N-dealkylation sites (N-methyl/N-ethyl adjacent to an activating group) is 1. The second-order valence-electron chi connectivity index (χ2n) is 10.7. The fraction of sp³-hybridized carbons (Fsp3) is 0.704. The van der Waals surface area contributed by atoms with Gasteiger partial charge in [-0.1, -0.05) is 41.5 Å². The molecule has 1 heterocycles. The molecule has 0 saturated heterocycles. The van der Waals surface area contributed by atoms with Gasteiger partial charge in [0, 0.05) is 31.4 Å². The van der Waals surface area contributed by atoms with E-state index in [2.05, 4.69) is 21.3 Å². The predicted octanol–water partition coefficient (Wildman–Crippen LogP) is 1.63. The Hall–Kier alpha value is -2.74. The lowest BCUT2D eigenvalue weighted by Gasteiger charge is -2.22. The molecule has 0 radical (unpaired) electrons. The van der Waals surface area contributed by atoms with Crippen LogP contribution in [0.25, 0.3) is 0 Å². The Bertz CT molecular complexity index is 952. The Morgan fingerprint density at radius 1 is 1.15 bits per heavy atom. The van der Waals surface area contributed by atoms with Gasteiger partial charge in [-0.2, -0.15) is 0 Å². The average molecular weight is 617 g/mol. The number of cyclic esters (lactones) is 1. The van der Waals surface area contributed by atoms with Gasteiger partial charge in [0.05, 0.1) is 6.42 Å². The number of ether oxygens (including phenoxy) is 2. The second-order valence-corrected chi connectivity index (χ2v) is 13.4. The van der Waals surface area contributed by atoms with E-state index in [9.17, 15) is 28.8 Å². The van der Waals surface area contributed by atoms with Crippen LogP contribution in [-0.2, 0) is 38.2 Å². The van der Waals surface area contributed by atoms with Crippen molar-refractivity contribution in [2.75, 3.05) is 25.1 Å². The average Bonchev–Trinajstić information content (AvgIpc) is 2.87. The van der Waals surface area contributed by atoms with Crippen LogP contribution in [0.1, 0.15) is 66.7 Å². The van der Waals surface area contributed by atoms with Gasteiger partial charge in [-0.3, -0.25) is 28.8 Å². The zero-order chi connectivity index (χ0) is 31.0. The van der Waals surface area contributed by atoms with Crippen molar-refractivity contribution in [3.63, 3.8) is 0 Å². The van der Waals surface area contributed by atoms with Crippen molar-refractivity contribution >= 4 is 57.2 Å². The summed E-state index contributed by atoms with van der Waals surface area (Å²) in [5.41, 5.74) is -0.678. The molecule has 0 fully saturated rings. The van der Waals surface area contributed by atoms with Crippen LogP contribution in [0, 0.1) is 5.92 Å². The van der Waals surface area contributed by atoms with E-state index in [1.165, 1.54) is 7.05 Å². The third-order valence-corrected chi connectivity index (χ3v) is 7.95. The first-order chi connectivity index (χ1) is 19.2. The molecule has 1 aliphatic rings. The van der Waals surface area contributed by atoms with Gasteiger partial charge >= 0.3 is 11.9 Å². The van der Waals surface area contributed by atoms with Crippen LogP contribution in [-0.4, -0.2) is 84.5 Å². The Kier molecular flexibility index (Phi) is 16.5. The van der Waals surface area contributed by atoms with Crippen LogP contribution in [0.15, 0.2) is 12.2 Å². The predicted molar refractivity (Wildman–Crippen MR) is 159 cm³/mol. The highest BCUT2D eigenvalue weighted by Gasteiger charge is 2.27. The highest BCUT2D eigenvalue weighted by Crippen LogP contribution is 2.23. The van der Waals surface area contributed by atoms with E-state index in [1.54, 1.807) is 68.4 Å². The van der Waals surface area contributed by atoms with Crippen LogP contribution < -0.4 is 21.3 Å². The van der Waals surface area contributed by atoms with Gasteiger partial charge < -0.3 is 30.7 Å². The maximum atomic E-state index is 12.9. The summed E-state index contributed by atoms with van der Waals surface area (Å²) in [5, 5.41) is 10.3. The third-order valence-electron chi connectivity index (χ3n) is 5.51. The molecule has 0 aromatic rings. The van der Waals surface area contributed by atoms with E-state index >= 15 is 0 Å². The molecule has 3 atom stereocenters. The van der Waals surface area contributed by atoms with Gasteiger partial charge in [0.15, 0.2) is 0 Å². The molecule has 0 spiro atoms. The number of carbonyl (C=O) groups is 6. The van der Waals surface area contributed by atoms with Gasteiger partial charge in [0.2, 0.25) is 23.6 Å². The molecule has 0 saturated carbocycles. The van der Waals surface area contributed by atoms with Crippen LogP contribution in [0.5, 0.6) is 0 Å². The fourth-order valence-electron chi connectivity index (χ4n) is 3.56. The SMILES string of the molecule is CNC(=O)[C@@H](CCC(=O)OC(C)(C)C)NC(=O)C[C@H]1/C=C/CCSSCCC(=O)N[C@H](C(C)C)C(=O)NCC(=O)O1. The van der Waals surface area contributed by atoms with E-state index in [-0.39, 0.29) is 37.5 Å². The van der Waals surface area contributed by atoms with E-state index in [0.29, 0.717) is 12.2 Å². The Balaban J connectivity index is 2.90. The molecule has 41 heavy (non-hydrogen) atoms. The molecule has 4 N–H and O–H groups in total. The summed E-state index contributed by atoms with van der Waals surface area (Å²) < 4.78 is 10.7. The first-order valence-electron chi connectivity index (χ1n) is 13.6. The number of amides is 4. The molecule has 14 heteroatoms.